The number of hydrogen-bond acceptors (Lipinski definition) is 6. The van der Waals surface area contributed by atoms with E-state index in [1.54, 1.807) is 24.3 Å². The predicted octanol–water partition coefficient (Wildman–Crippen LogP) is 3.47. The molecule has 0 aliphatic heterocycles. The van der Waals surface area contributed by atoms with Gasteiger partial charge in [-0.3, -0.25) is 19.2 Å². The average molecular weight is 470 g/mol. The number of nitrogens with zero attached hydrogens (tertiary/aromatic N) is 3. The third-order valence-electron chi connectivity index (χ3n) is 4.56. The van der Waals surface area contributed by atoms with Gasteiger partial charge in [-0.1, -0.05) is 30.3 Å². The summed E-state index contributed by atoms with van der Waals surface area (Å²) in [4.78, 5) is 22.9. The first-order chi connectivity index (χ1) is 15.7. The van der Waals surface area contributed by atoms with Gasteiger partial charge in [-0.15, -0.1) is 0 Å². The first-order valence-electron chi connectivity index (χ1n) is 9.60. The van der Waals surface area contributed by atoms with E-state index in [-0.39, 0.29) is 22.0 Å². The molecule has 0 spiro atoms. The summed E-state index contributed by atoms with van der Waals surface area (Å²) in [7, 11) is -4.14. The molecule has 170 valence electrons. The van der Waals surface area contributed by atoms with Crippen molar-refractivity contribution in [2.24, 2.45) is 5.10 Å². The Hall–Kier alpha value is -4.12. The van der Waals surface area contributed by atoms with Gasteiger partial charge in [-0.2, -0.15) is 5.10 Å². The summed E-state index contributed by atoms with van der Waals surface area (Å²) >= 11 is 0. The largest absolute Gasteiger partial charge is 0.271 e. The van der Waals surface area contributed by atoms with Gasteiger partial charge in [0.25, 0.3) is 21.6 Å². The van der Waals surface area contributed by atoms with Crippen molar-refractivity contribution in [1.29, 1.82) is 0 Å². The molecular weight excluding hydrogens is 451 g/mol. The van der Waals surface area contributed by atoms with Gasteiger partial charge in [0.15, 0.2) is 0 Å². The number of benzene rings is 3. The molecule has 0 bridgehead atoms. The lowest BCUT2D eigenvalue weighted by molar-refractivity contribution is -0.384. The van der Waals surface area contributed by atoms with E-state index in [2.05, 4.69) is 10.5 Å². The molecule has 0 radical (unpaired) electrons. The highest BCUT2D eigenvalue weighted by Gasteiger charge is 2.27. The lowest BCUT2D eigenvalue weighted by Gasteiger charge is -2.23. The Bertz CT molecular complexity index is 1300. The van der Waals surface area contributed by atoms with Gasteiger partial charge >= 0.3 is 0 Å². The lowest BCUT2D eigenvalue weighted by atomic mass is 10.1. The molecular formula is C22H19FN4O5S. The number of carbonyl (C=O) groups excluding carboxylic acids is 1. The Labute approximate surface area is 189 Å². The molecule has 0 atom stereocenters. The molecule has 0 aliphatic carbocycles. The van der Waals surface area contributed by atoms with Crippen molar-refractivity contribution in [2.75, 3.05) is 10.8 Å². The van der Waals surface area contributed by atoms with Crippen molar-refractivity contribution in [2.45, 2.75) is 11.8 Å². The van der Waals surface area contributed by atoms with Crippen LogP contribution in [0.15, 0.2) is 88.9 Å². The minimum atomic E-state index is -4.14. The highest BCUT2D eigenvalue weighted by molar-refractivity contribution is 7.92. The third-order valence-corrected chi connectivity index (χ3v) is 6.34. The molecule has 1 amide bonds. The smallest absolute Gasteiger partial charge is 0.270 e. The van der Waals surface area contributed by atoms with Crippen molar-refractivity contribution in [3.05, 3.63) is 100 Å². The van der Waals surface area contributed by atoms with Gasteiger partial charge in [0.05, 0.1) is 21.2 Å². The van der Waals surface area contributed by atoms with Gasteiger partial charge in [-0.05, 0) is 43.3 Å². The monoisotopic (exact) mass is 470 g/mol. The minimum Gasteiger partial charge on any atom is -0.271 e. The van der Waals surface area contributed by atoms with Crippen molar-refractivity contribution >= 4 is 33.0 Å². The molecule has 3 aromatic rings. The number of amides is 1. The van der Waals surface area contributed by atoms with Crippen LogP contribution in [0.5, 0.6) is 0 Å². The van der Waals surface area contributed by atoms with Crippen molar-refractivity contribution in [3.8, 4) is 0 Å². The lowest BCUT2D eigenvalue weighted by Crippen LogP contribution is -2.39. The van der Waals surface area contributed by atoms with Crippen LogP contribution in [0.3, 0.4) is 0 Å². The number of non-ortho nitro benzene ring substituents is 1. The van der Waals surface area contributed by atoms with Crippen LogP contribution in [-0.2, 0) is 14.8 Å². The van der Waals surface area contributed by atoms with Crippen LogP contribution in [0.4, 0.5) is 15.8 Å². The SMILES string of the molecule is C/C(=N/NC(=O)CN(c1ccc(F)cc1)S(=O)(=O)c1ccccc1)c1cccc([N+](=O)[O-])c1. The fraction of sp³-hybridized carbons (Fsp3) is 0.0909. The van der Waals surface area contributed by atoms with Crippen LogP contribution in [0.2, 0.25) is 0 Å². The van der Waals surface area contributed by atoms with Crippen molar-refractivity contribution in [3.63, 3.8) is 0 Å². The Kier molecular flexibility index (Phi) is 7.13. The number of hydrazone groups is 1. The van der Waals surface area contributed by atoms with E-state index in [0.717, 1.165) is 16.4 Å². The van der Waals surface area contributed by atoms with E-state index < -0.39 is 33.2 Å². The molecule has 3 aromatic carbocycles. The van der Waals surface area contributed by atoms with Gasteiger partial charge < -0.3 is 0 Å². The van der Waals surface area contributed by atoms with Gasteiger partial charge in [-0.25, -0.2) is 18.2 Å². The van der Waals surface area contributed by atoms with Gasteiger partial charge in [0.2, 0.25) is 0 Å². The summed E-state index contributed by atoms with van der Waals surface area (Å²) in [6, 6.07) is 17.9. The van der Waals surface area contributed by atoms with Crippen LogP contribution >= 0.6 is 0 Å². The normalized spacial score (nSPS) is 11.6. The number of nitro benzene ring substituents is 1. The first kappa shape index (κ1) is 23.5. The summed E-state index contributed by atoms with van der Waals surface area (Å²) in [5.41, 5.74) is 2.92. The zero-order valence-corrected chi connectivity index (χ0v) is 18.2. The Balaban J connectivity index is 1.85. The average Bonchev–Trinajstić information content (AvgIpc) is 2.82. The second-order valence-electron chi connectivity index (χ2n) is 6.84. The molecule has 0 fully saturated rings. The minimum absolute atomic E-state index is 0.0431. The molecule has 0 saturated heterocycles. The number of halogens is 1. The molecule has 3 rings (SSSR count). The zero-order valence-electron chi connectivity index (χ0n) is 17.4. The number of nitrogens with one attached hydrogen (secondary N) is 1. The van der Waals surface area contributed by atoms with Gasteiger partial charge in [0.1, 0.15) is 12.4 Å². The van der Waals surface area contributed by atoms with Crippen LogP contribution in [0.1, 0.15) is 12.5 Å². The number of nitro groups is 1. The molecule has 11 heteroatoms. The molecule has 0 unspecified atom stereocenters. The summed E-state index contributed by atoms with van der Waals surface area (Å²) in [6.07, 6.45) is 0. The summed E-state index contributed by atoms with van der Waals surface area (Å²) in [5, 5.41) is 14.9. The highest BCUT2D eigenvalue weighted by atomic mass is 32.2. The van der Waals surface area contributed by atoms with Crippen LogP contribution < -0.4 is 9.73 Å². The van der Waals surface area contributed by atoms with E-state index in [9.17, 15) is 27.7 Å². The maximum atomic E-state index is 13.4. The van der Waals surface area contributed by atoms with Crippen LogP contribution in [-0.4, -0.2) is 31.5 Å². The topological polar surface area (TPSA) is 122 Å². The zero-order chi connectivity index (χ0) is 24.0. The quantitative estimate of drug-likeness (QED) is 0.307. The van der Waals surface area contributed by atoms with E-state index in [1.165, 1.54) is 49.4 Å². The van der Waals surface area contributed by atoms with E-state index in [0.29, 0.717) is 5.56 Å². The maximum absolute atomic E-state index is 13.4. The summed E-state index contributed by atoms with van der Waals surface area (Å²) in [6.45, 7) is 0.909. The molecule has 1 N–H and O–H groups in total. The summed E-state index contributed by atoms with van der Waals surface area (Å²) in [5.74, 6) is -1.32. The van der Waals surface area contributed by atoms with Crippen molar-refractivity contribution < 1.29 is 22.5 Å². The Morgan fingerprint density at radius 2 is 1.73 bits per heavy atom. The maximum Gasteiger partial charge on any atom is 0.270 e. The fourth-order valence-corrected chi connectivity index (χ4v) is 4.31. The van der Waals surface area contributed by atoms with E-state index in [1.807, 2.05) is 0 Å². The number of sulfonamides is 1. The molecule has 0 aromatic heterocycles. The molecule has 0 saturated carbocycles. The molecule has 0 aliphatic rings. The first-order valence-corrected chi connectivity index (χ1v) is 11.0. The molecule has 0 heterocycles. The number of rotatable bonds is 8. The third kappa shape index (κ3) is 5.77. The number of carbonyl (C=O) groups is 1. The Morgan fingerprint density at radius 1 is 1.06 bits per heavy atom. The van der Waals surface area contributed by atoms with Crippen molar-refractivity contribution in [1.82, 2.24) is 5.43 Å². The highest BCUT2D eigenvalue weighted by Crippen LogP contribution is 2.23. The summed E-state index contributed by atoms with van der Waals surface area (Å²) < 4.78 is 40.6. The number of hydrogen-bond donors (Lipinski definition) is 1. The molecule has 9 nitrogen and oxygen atoms in total. The standard InChI is InChI=1S/C22H19FN4O5S/c1-16(17-6-5-7-20(14-17)27(29)30)24-25-22(28)15-26(19-12-10-18(23)11-13-19)33(31,32)21-8-3-2-4-9-21/h2-14H,15H2,1H3,(H,25,28)/b24-16-. The second-order valence-corrected chi connectivity index (χ2v) is 8.70. The van der Waals surface area contributed by atoms with E-state index >= 15 is 0 Å². The Morgan fingerprint density at radius 3 is 2.36 bits per heavy atom. The predicted molar refractivity (Wildman–Crippen MR) is 121 cm³/mol. The molecule has 33 heavy (non-hydrogen) atoms. The fourth-order valence-electron chi connectivity index (χ4n) is 2.86. The van der Waals surface area contributed by atoms with Crippen LogP contribution in [0.25, 0.3) is 0 Å². The van der Waals surface area contributed by atoms with Crippen LogP contribution in [0, 0.1) is 15.9 Å². The second kappa shape index (κ2) is 10.0. The van der Waals surface area contributed by atoms with Gasteiger partial charge in [0, 0.05) is 17.7 Å². The number of anilines is 1. The van der Waals surface area contributed by atoms with E-state index in [4.69, 9.17) is 0 Å².